The summed E-state index contributed by atoms with van der Waals surface area (Å²) in [4.78, 5) is 28.6. The largest absolute Gasteiger partial charge is 0.435 e. The minimum Gasteiger partial charge on any atom is -0.374 e. The van der Waals surface area contributed by atoms with Crippen LogP contribution in [0.1, 0.15) is 57.4 Å². The quantitative estimate of drug-likeness (QED) is 0.380. The number of carbonyl (C=O) groups is 2. The van der Waals surface area contributed by atoms with E-state index >= 15 is 0 Å². The number of alkyl halides is 10. The van der Waals surface area contributed by atoms with Crippen LogP contribution in [0.15, 0.2) is 41.6 Å². The van der Waals surface area contributed by atoms with Gasteiger partial charge in [-0.2, -0.15) is 26.3 Å². The van der Waals surface area contributed by atoms with Crippen LogP contribution in [0.2, 0.25) is 0 Å². The molecule has 2 aromatic carbocycles. The lowest BCUT2D eigenvalue weighted by molar-refractivity contribution is -0.276. The van der Waals surface area contributed by atoms with Gasteiger partial charge >= 0.3 is 12.4 Å². The summed E-state index contributed by atoms with van der Waals surface area (Å²) >= 11 is 0. The van der Waals surface area contributed by atoms with Crippen LogP contribution in [0.5, 0.6) is 0 Å². The number of aryl methyl sites for hydroxylation is 1. The van der Waals surface area contributed by atoms with Gasteiger partial charge in [0.1, 0.15) is 6.54 Å². The number of hydrogen-bond donors (Lipinski definition) is 2. The fourth-order valence-corrected chi connectivity index (χ4v) is 3.84. The first-order valence-corrected chi connectivity index (χ1v) is 11.2. The molecule has 16 heteroatoms. The molecule has 1 heterocycles. The van der Waals surface area contributed by atoms with E-state index in [1.165, 1.54) is 19.1 Å². The Balaban J connectivity index is 1.83. The fourth-order valence-electron chi connectivity index (χ4n) is 3.84. The van der Waals surface area contributed by atoms with E-state index in [1.807, 2.05) is 0 Å². The van der Waals surface area contributed by atoms with E-state index in [-0.39, 0.29) is 22.4 Å². The molecule has 2 aromatic rings. The molecule has 1 aliphatic rings. The first kappa shape index (κ1) is 30.7. The van der Waals surface area contributed by atoms with E-state index < -0.39 is 78.8 Å². The van der Waals surface area contributed by atoms with Crippen molar-refractivity contribution in [1.29, 1.82) is 0 Å². The molecular formula is C24H19F10N3O3. The average Bonchev–Trinajstić information content (AvgIpc) is 3.32. The van der Waals surface area contributed by atoms with Gasteiger partial charge < -0.3 is 15.5 Å². The third-order valence-electron chi connectivity index (χ3n) is 5.83. The van der Waals surface area contributed by atoms with Crippen LogP contribution in [0.25, 0.3) is 0 Å². The van der Waals surface area contributed by atoms with Crippen molar-refractivity contribution in [2.24, 2.45) is 5.16 Å². The number of oxime groups is 1. The first-order chi connectivity index (χ1) is 18.4. The van der Waals surface area contributed by atoms with Crippen molar-refractivity contribution < 1.29 is 58.3 Å². The van der Waals surface area contributed by atoms with Gasteiger partial charge in [0.15, 0.2) is 0 Å². The monoisotopic (exact) mass is 587 g/mol. The van der Waals surface area contributed by atoms with Gasteiger partial charge in [-0.15, -0.1) is 0 Å². The SMILES string of the molecule is Cc1cc(C2=NO[C@@](c3cc(C(F)F)cc(C(F)F)c3)(C(F)(F)F)C2)ccc1C(=O)NCC(=O)NCC(F)(F)F. The molecule has 1 aliphatic heterocycles. The van der Waals surface area contributed by atoms with E-state index in [0.29, 0.717) is 18.2 Å². The minimum atomic E-state index is -5.28. The lowest BCUT2D eigenvalue weighted by Gasteiger charge is -2.30. The van der Waals surface area contributed by atoms with Crippen LogP contribution in [-0.4, -0.2) is 43.0 Å². The van der Waals surface area contributed by atoms with Crippen molar-refractivity contribution in [2.45, 2.75) is 44.1 Å². The molecule has 0 unspecified atom stereocenters. The molecule has 0 aromatic heterocycles. The van der Waals surface area contributed by atoms with Crippen molar-refractivity contribution in [3.63, 3.8) is 0 Å². The Hall–Kier alpha value is -3.85. The Morgan fingerprint density at radius 2 is 1.55 bits per heavy atom. The molecule has 0 saturated carbocycles. The molecule has 0 spiro atoms. The zero-order valence-corrected chi connectivity index (χ0v) is 20.2. The van der Waals surface area contributed by atoms with Crippen LogP contribution in [0, 0.1) is 6.92 Å². The molecule has 0 saturated heterocycles. The van der Waals surface area contributed by atoms with Crippen LogP contribution in [0.3, 0.4) is 0 Å². The second-order valence-corrected chi connectivity index (χ2v) is 8.72. The molecule has 1 atom stereocenters. The number of amides is 2. The number of benzene rings is 2. The van der Waals surface area contributed by atoms with Crippen molar-refractivity contribution >= 4 is 17.5 Å². The van der Waals surface area contributed by atoms with Gasteiger partial charge in [0.25, 0.3) is 24.4 Å². The average molecular weight is 587 g/mol. The maximum absolute atomic E-state index is 14.3. The summed E-state index contributed by atoms with van der Waals surface area (Å²) in [5, 5.41) is 7.11. The van der Waals surface area contributed by atoms with Crippen molar-refractivity contribution in [1.82, 2.24) is 10.6 Å². The molecule has 0 aliphatic carbocycles. The molecule has 0 radical (unpaired) electrons. The Labute approximate surface area is 219 Å². The molecule has 2 amide bonds. The Kier molecular flexibility index (Phi) is 8.69. The summed E-state index contributed by atoms with van der Waals surface area (Å²) in [7, 11) is 0. The van der Waals surface area contributed by atoms with Crippen LogP contribution < -0.4 is 10.6 Å². The molecule has 218 valence electrons. The third-order valence-corrected chi connectivity index (χ3v) is 5.83. The number of halogens is 10. The fraction of sp³-hybridized carbons (Fsp3) is 0.375. The summed E-state index contributed by atoms with van der Waals surface area (Å²) < 4.78 is 132. The Morgan fingerprint density at radius 3 is 2.05 bits per heavy atom. The van der Waals surface area contributed by atoms with Gasteiger partial charge in [0.05, 0.1) is 12.3 Å². The van der Waals surface area contributed by atoms with Gasteiger partial charge in [-0.1, -0.05) is 11.2 Å². The van der Waals surface area contributed by atoms with Crippen molar-refractivity contribution in [3.8, 4) is 0 Å². The number of carbonyl (C=O) groups excluding carboxylic acids is 2. The van der Waals surface area contributed by atoms with E-state index in [4.69, 9.17) is 4.84 Å². The predicted octanol–water partition coefficient (Wildman–Crippen LogP) is 5.86. The molecule has 6 nitrogen and oxygen atoms in total. The lowest BCUT2D eigenvalue weighted by Crippen LogP contribution is -2.43. The van der Waals surface area contributed by atoms with Crippen molar-refractivity contribution in [2.75, 3.05) is 13.1 Å². The highest BCUT2D eigenvalue weighted by Gasteiger charge is 2.62. The smallest absolute Gasteiger partial charge is 0.374 e. The summed E-state index contributed by atoms with van der Waals surface area (Å²) in [5.74, 6) is -1.99. The van der Waals surface area contributed by atoms with Gasteiger partial charge in [-0.3, -0.25) is 9.59 Å². The topological polar surface area (TPSA) is 79.8 Å². The highest BCUT2D eigenvalue weighted by molar-refractivity contribution is 6.04. The Bertz CT molecular complexity index is 1280. The van der Waals surface area contributed by atoms with Crippen molar-refractivity contribution in [3.05, 3.63) is 69.8 Å². The molecule has 0 fully saturated rings. The standard InChI is InChI=1S/C24H19F10N3O3/c1-11-4-12(2-3-16(11)21(39)35-9-18(38)36-10-23(29,30)31)17-8-22(40-37-17,24(32,33)34)15-6-13(19(25)26)5-14(7-15)20(27)28/h2-7,19-20H,8-10H2,1H3,(H,35,39)(H,36,38)/t22-/m0/s1. The Morgan fingerprint density at radius 1 is 0.950 bits per heavy atom. The summed E-state index contributed by atoms with van der Waals surface area (Å²) in [6, 6.07) is 4.79. The predicted molar refractivity (Wildman–Crippen MR) is 119 cm³/mol. The van der Waals surface area contributed by atoms with E-state index in [9.17, 15) is 53.5 Å². The normalized spacial score (nSPS) is 17.6. The minimum absolute atomic E-state index is 0.0159. The molecule has 40 heavy (non-hydrogen) atoms. The summed E-state index contributed by atoms with van der Waals surface area (Å²) in [5.41, 5.74) is -6.70. The second-order valence-electron chi connectivity index (χ2n) is 8.72. The van der Waals surface area contributed by atoms with Gasteiger partial charge in [0.2, 0.25) is 5.91 Å². The zero-order valence-electron chi connectivity index (χ0n) is 20.2. The molecule has 0 bridgehead atoms. The van der Waals surface area contributed by atoms with Gasteiger partial charge in [-0.25, -0.2) is 17.6 Å². The maximum Gasteiger partial charge on any atom is 0.435 e. The first-order valence-electron chi connectivity index (χ1n) is 11.2. The van der Waals surface area contributed by atoms with Crippen LogP contribution in [0.4, 0.5) is 43.9 Å². The number of nitrogens with one attached hydrogen (secondary N) is 2. The molecule has 3 rings (SSSR count). The third kappa shape index (κ3) is 6.83. The number of hydrogen-bond acceptors (Lipinski definition) is 4. The number of nitrogens with zero attached hydrogens (tertiary/aromatic N) is 1. The maximum atomic E-state index is 14.3. The van der Waals surface area contributed by atoms with Crippen LogP contribution in [-0.2, 0) is 15.2 Å². The zero-order chi connectivity index (χ0) is 30.0. The van der Waals surface area contributed by atoms with E-state index in [2.05, 4.69) is 10.5 Å². The van der Waals surface area contributed by atoms with Gasteiger partial charge in [-0.05, 0) is 48.4 Å². The molecular weight excluding hydrogens is 568 g/mol. The van der Waals surface area contributed by atoms with E-state index in [0.717, 1.165) is 6.07 Å². The van der Waals surface area contributed by atoms with E-state index in [1.54, 1.807) is 5.32 Å². The highest BCUT2D eigenvalue weighted by atomic mass is 19.4. The number of rotatable bonds is 8. The summed E-state index contributed by atoms with van der Waals surface area (Å²) in [6.07, 6.45) is -17.7. The molecule has 2 N–H and O–H groups in total. The highest BCUT2D eigenvalue weighted by Crippen LogP contribution is 2.50. The van der Waals surface area contributed by atoms with Crippen LogP contribution >= 0.6 is 0 Å². The second kappa shape index (κ2) is 11.3. The van der Waals surface area contributed by atoms with Gasteiger partial charge in [0, 0.05) is 28.7 Å². The summed E-state index contributed by atoms with van der Waals surface area (Å²) in [6.45, 7) is -1.02. The lowest BCUT2D eigenvalue weighted by atomic mass is 9.84.